The summed E-state index contributed by atoms with van der Waals surface area (Å²) in [6, 6.07) is 0. The molecule has 0 aliphatic heterocycles. The third-order valence-electron chi connectivity index (χ3n) is 3.70. The van der Waals surface area contributed by atoms with Crippen LogP contribution in [0.1, 0.15) is 54.0 Å². The van der Waals surface area contributed by atoms with Crippen LogP contribution in [0.15, 0.2) is 0 Å². The molecule has 1 aromatic heterocycles. The molecule has 2 aliphatic rings. The van der Waals surface area contributed by atoms with E-state index in [2.05, 4.69) is 18.8 Å². The minimum Gasteiger partial charge on any atom is -0.361 e. The van der Waals surface area contributed by atoms with Gasteiger partial charge >= 0.3 is 0 Å². The first-order valence-corrected chi connectivity index (χ1v) is 5.83. The summed E-state index contributed by atoms with van der Waals surface area (Å²) in [5, 5.41) is 0. The molecular weight excluding hydrogens is 186 g/mol. The van der Waals surface area contributed by atoms with E-state index in [0.717, 1.165) is 24.8 Å². The first kappa shape index (κ1) is 9.20. The van der Waals surface area contributed by atoms with Crippen molar-refractivity contribution in [1.82, 2.24) is 4.98 Å². The number of fused-ring (bicyclic) bond motifs is 3. The topological polar surface area (TPSA) is 32.9 Å². The number of rotatable bonds is 0. The summed E-state index contributed by atoms with van der Waals surface area (Å²) in [6.45, 7) is 4.36. The fraction of sp³-hybridized carbons (Fsp3) is 0.615. The van der Waals surface area contributed by atoms with E-state index >= 15 is 0 Å². The Morgan fingerprint density at radius 3 is 2.73 bits per heavy atom. The van der Waals surface area contributed by atoms with Gasteiger partial charge in [0.05, 0.1) is 0 Å². The smallest absolute Gasteiger partial charge is 0.165 e. The van der Waals surface area contributed by atoms with Crippen molar-refractivity contribution in [1.29, 1.82) is 0 Å². The van der Waals surface area contributed by atoms with Crippen LogP contribution in [-0.2, 0) is 19.3 Å². The molecule has 2 nitrogen and oxygen atoms in total. The summed E-state index contributed by atoms with van der Waals surface area (Å²) < 4.78 is 0. The Morgan fingerprint density at radius 1 is 1.13 bits per heavy atom. The highest BCUT2D eigenvalue weighted by Gasteiger charge is 2.35. The third-order valence-corrected chi connectivity index (χ3v) is 3.70. The van der Waals surface area contributed by atoms with Gasteiger partial charge in [-0.2, -0.15) is 0 Å². The molecule has 1 heterocycles. The first-order chi connectivity index (χ1) is 7.07. The number of hydrogen-bond acceptors (Lipinski definition) is 1. The number of carbonyl (C=O) groups excluding carboxylic acids is 1. The Morgan fingerprint density at radius 2 is 1.93 bits per heavy atom. The van der Waals surface area contributed by atoms with Crippen LogP contribution in [-0.4, -0.2) is 10.8 Å². The molecule has 0 fully saturated rings. The molecule has 0 saturated carbocycles. The van der Waals surface area contributed by atoms with Crippen LogP contribution in [0, 0.1) is 5.41 Å². The van der Waals surface area contributed by atoms with E-state index in [9.17, 15) is 4.79 Å². The quantitative estimate of drug-likeness (QED) is 0.691. The Balaban J connectivity index is 2.14. The van der Waals surface area contributed by atoms with Gasteiger partial charge in [-0.05, 0) is 36.7 Å². The fourth-order valence-corrected chi connectivity index (χ4v) is 3.12. The Bertz CT molecular complexity index is 440. The van der Waals surface area contributed by atoms with Crippen molar-refractivity contribution >= 4 is 5.78 Å². The Labute approximate surface area is 90.1 Å². The molecule has 0 saturated heterocycles. The second-order valence-corrected chi connectivity index (χ2v) is 5.73. The normalized spacial score (nSPS) is 22.7. The molecule has 1 N–H and O–H groups in total. The number of aryl methyl sites for hydroxylation is 1. The van der Waals surface area contributed by atoms with E-state index in [1.54, 1.807) is 0 Å². The largest absolute Gasteiger partial charge is 0.361 e. The molecule has 0 atom stereocenters. The van der Waals surface area contributed by atoms with Crippen molar-refractivity contribution in [3.63, 3.8) is 0 Å². The Hall–Kier alpha value is -1.05. The van der Waals surface area contributed by atoms with Crippen molar-refractivity contribution < 1.29 is 4.79 Å². The average Bonchev–Trinajstić information content (AvgIpc) is 2.58. The molecule has 80 valence electrons. The summed E-state index contributed by atoms with van der Waals surface area (Å²) >= 11 is 0. The van der Waals surface area contributed by atoms with Crippen LogP contribution in [0.4, 0.5) is 0 Å². The second-order valence-electron chi connectivity index (χ2n) is 5.73. The lowest BCUT2D eigenvalue weighted by molar-refractivity contribution is 0.0911. The standard InChI is InChI=1S/C13H17NO/c1-13(2)6-10-12(11(15)7-13)8-4-3-5-9(8)14-10/h14H,3-7H2,1-2H3. The minimum atomic E-state index is 0.142. The molecule has 3 rings (SSSR count). The van der Waals surface area contributed by atoms with E-state index in [-0.39, 0.29) is 5.41 Å². The van der Waals surface area contributed by atoms with Gasteiger partial charge in [0.2, 0.25) is 0 Å². The van der Waals surface area contributed by atoms with Crippen LogP contribution < -0.4 is 0 Å². The highest BCUT2D eigenvalue weighted by Crippen LogP contribution is 2.39. The monoisotopic (exact) mass is 203 g/mol. The fourth-order valence-electron chi connectivity index (χ4n) is 3.12. The predicted octanol–water partition coefficient (Wildman–Crippen LogP) is 2.66. The summed E-state index contributed by atoms with van der Waals surface area (Å²) in [6.07, 6.45) is 5.19. The van der Waals surface area contributed by atoms with Gasteiger partial charge in [-0.25, -0.2) is 0 Å². The maximum atomic E-state index is 12.1. The van der Waals surface area contributed by atoms with Gasteiger partial charge in [0.1, 0.15) is 0 Å². The number of ketones is 1. The zero-order valence-electron chi connectivity index (χ0n) is 9.44. The zero-order valence-corrected chi connectivity index (χ0v) is 9.44. The van der Waals surface area contributed by atoms with Gasteiger partial charge in [0.15, 0.2) is 5.78 Å². The van der Waals surface area contributed by atoms with E-state index in [0.29, 0.717) is 12.2 Å². The van der Waals surface area contributed by atoms with E-state index < -0.39 is 0 Å². The van der Waals surface area contributed by atoms with Crippen molar-refractivity contribution in [2.75, 3.05) is 0 Å². The molecule has 2 heteroatoms. The molecule has 0 radical (unpaired) electrons. The van der Waals surface area contributed by atoms with Crippen LogP contribution in [0.25, 0.3) is 0 Å². The third kappa shape index (κ3) is 1.27. The molecule has 0 bridgehead atoms. The van der Waals surface area contributed by atoms with Crippen LogP contribution >= 0.6 is 0 Å². The van der Waals surface area contributed by atoms with Gasteiger partial charge < -0.3 is 4.98 Å². The lowest BCUT2D eigenvalue weighted by Gasteiger charge is -2.28. The molecule has 1 aromatic rings. The number of aromatic amines is 1. The predicted molar refractivity (Wildman–Crippen MR) is 59.3 cm³/mol. The molecule has 0 spiro atoms. The number of H-pyrrole nitrogens is 1. The number of nitrogens with one attached hydrogen (secondary N) is 1. The van der Waals surface area contributed by atoms with Gasteiger partial charge in [0.25, 0.3) is 0 Å². The van der Waals surface area contributed by atoms with Crippen molar-refractivity contribution in [3.05, 3.63) is 22.5 Å². The number of hydrogen-bond donors (Lipinski definition) is 1. The van der Waals surface area contributed by atoms with Gasteiger partial charge in [-0.3, -0.25) is 4.79 Å². The van der Waals surface area contributed by atoms with Gasteiger partial charge in [-0.15, -0.1) is 0 Å². The summed E-state index contributed by atoms with van der Waals surface area (Å²) in [4.78, 5) is 15.6. The minimum absolute atomic E-state index is 0.142. The molecule has 15 heavy (non-hydrogen) atoms. The van der Waals surface area contributed by atoms with Gasteiger partial charge in [-0.1, -0.05) is 13.8 Å². The average molecular weight is 203 g/mol. The summed E-state index contributed by atoms with van der Waals surface area (Å²) in [5.74, 6) is 0.362. The first-order valence-electron chi connectivity index (χ1n) is 5.83. The second kappa shape index (κ2) is 2.75. The summed E-state index contributed by atoms with van der Waals surface area (Å²) in [7, 11) is 0. The molecular formula is C13H17NO. The number of Topliss-reactive ketones (excluding diaryl/α,β-unsaturated/α-hetero) is 1. The lowest BCUT2D eigenvalue weighted by atomic mass is 9.75. The SMILES string of the molecule is CC1(C)CC(=O)c2c([nH]c3c2CCC3)C1. The Kier molecular flexibility index (Phi) is 1.68. The van der Waals surface area contributed by atoms with E-state index in [1.807, 2.05) is 0 Å². The lowest BCUT2D eigenvalue weighted by Crippen LogP contribution is -2.27. The van der Waals surface area contributed by atoms with Crippen molar-refractivity contribution in [3.8, 4) is 0 Å². The number of carbonyl (C=O) groups is 1. The van der Waals surface area contributed by atoms with Crippen LogP contribution in [0.3, 0.4) is 0 Å². The molecule has 0 unspecified atom stereocenters. The highest BCUT2D eigenvalue weighted by atomic mass is 16.1. The van der Waals surface area contributed by atoms with E-state index in [4.69, 9.17) is 0 Å². The van der Waals surface area contributed by atoms with Crippen molar-refractivity contribution in [2.45, 2.75) is 46.0 Å². The maximum absolute atomic E-state index is 12.1. The zero-order chi connectivity index (χ0) is 10.6. The van der Waals surface area contributed by atoms with Crippen LogP contribution in [0.2, 0.25) is 0 Å². The molecule has 0 aromatic carbocycles. The van der Waals surface area contributed by atoms with Crippen molar-refractivity contribution in [2.24, 2.45) is 5.41 Å². The molecule has 0 amide bonds. The molecule has 2 aliphatic carbocycles. The highest BCUT2D eigenvalue weighted by molar-refractivity contribution is 6.00. The van der Waals surface area contributed by atoms with Crippen LogP contribution in [0.5, 0.6) is 0 Å². The maximum Gasteiger partial charge on any atom is 0.165 e. The number of aromatic nitrogens is 1. The van der Waals surface area contributed by atoms with E-state index in [1.165, 1.54) is 23.4 Å². The summed E-state index contributed by atoms with van der Waals surface area (Å²) in [5.41, 5.74) is 5.09. The van der Waals surface area contributed by atoms with Gasteiger partial charge in [0, 0.05) is 23.4 Å².